The van der Waals surface area contributed by atoms with Crippen molar-refractivity contribution < 1.29 is 4.79 Å². The molecule has 0 fully saturated rings. The van der Waals surface area contributed by atoms with E-state index in [0.717, 1.165) is 54.8 Å². The SMILES string of the molecule is CCCCN1C(=O)C2(NCCc3c2[nH]c2ccccc32)c2ccccc21. The molecule has 26 heavy (non-hydrogen) atoms. The fourth-order valence-electron chi connectivity index (χ4n) is 4.65. The van der Waals surface area contributed by atoms with E-state index in [1.165, 1.54) is 10.9 Å². The van der Waals surface area contributed by atoms with E-state index in [1.54, 1.807) is 0 Å². The number of benzene rings is 2. The lowest BCUT2D eigenvalue weighted by Crippen LogP contribution is -2.55. The van der Waals surface area contributed by atoms with Gasteiger partial charge in [0.2, 0.25) is 0 Å². The van der Waals surface area contributed by atoms with Gasteiger partial charge in [-0.15, -0.1) is 0 Å². The highest BCUT2D eigenvalue weighted by molar-refractivity contribution is 6.11. The summed E-state index contributed by atoms with van der Waals surface area (Å²) >= 11 is 0. The van der Waals surface area contributed by atoms with Crippen molar-refractivity contribution in [3.05, 3.63) is 65.4 Å². The molecular weight excluding hydrogens is 322 g/mol. The van der Waals surface area contributed by atoms with Crippen LogP contribution in [0.3, 0.4) is 0 Å². The molecule has 0 bridgehead atoms. The van der Waals surface area contributed by atoms with Gasteiger partial charge in [0.1, 0.15) is 0 Å². The smallest absolute Gasteiger partial charge is 0.258 e. The van der Waals surface area contributed by atoms with Crippen LogP contribution in [0.15, 0.2) is 48.5 Å². The summed E-state index contributed by atoms with van der Waals surface area (Å²) in [6.07, 6.45) is 3.02. The van der Waals surface area contributed by atoms with Gasteiger partial charge in [0.25, 0.3) is 5.91 Å². The molecule has 2 aliphatic rings. The molecule has 3 heterocycles. The molecule has 1 aromatic heterocycles. The summed E-state index contributed by atoms with van der Waals surface area (Å²) in [5, 5.41) is 4.84. The summed E-state index contributed by atoms with van der Waals surface area (Å²) in [5.41, 5.74) is 4.76. The van der Waals surface area contributed by atoms with Crippen LogP contribution in [0.4, 0.5) is 5.69 Å². The Morgan fingerprint density at radius 2 is 1.92 bits per heavy atom. The number of aromatic nitrogens is 1. The molecular formula is C22H23N3O. The largest absolute Gasteiger partial charge is 0.356 e. The van der Waals surface area contributed by atoms with E-state index in [4.69, 9.17) is 0 Å². The van der Waals surface area contributed by atoms with Crippen LogP contribution in [0.5, 0.6) is 0 Å². The van der Waals surface area contributed by atoms with Gasteiger partial charge in [0.05, 0.1) is 5.69 Å². The van der Waals surface area contributed by atoms with Gasteiger partial charge in [-0.25, -0.2) is 0 Å². The van der Waals surface area contributed by atoms with E-state index in [-0.39, 0.29) is 5.91 Å². The zero-order valence-electron chi connectivity index (χ0n) is 15.0. The van der Waals surface area contributed by atoms with E-state index in [1.807, 2.05) is 23.1 Å². The summed E-state index contributed by atoms with van der Waals surface area (Å²) in [5.74, 6) is 0.152. The van der Waals surface area contributed by atoms with Crippen molar-refractivity contribution in [3.63, 3.8) is 0 Å². The summed E-state index contributed by atoms with van der Waals surface area (Å²) in [6, 6.07) is 16.6. The number of para-hydroxylation sites is 2. The molecule has 1 atom stereocenters. The number of nitrogens with one attached hydrogen (secondary N) is 2. The number of fused-ring (bicyclic) bond motifs is 6. The fraction of sp³-hybridized carbons (Fsp3) is 0.318. The zero-order chi connectivity index (χ0) is 17.7. The summed E-state index contributed by atoms with van der Waals surface area (Å²) in [7, 11) is 0. The molecule has 132 valence electrons. The maximum atomic E-state index is 13.7. The first-order valence-corrected chi connectivity index (χ1v) is 9.54. The van der Waals surface area contributed by atoms with E-state index in [9.17, 15) is 4.79 Å². The van der Waals surface area contributed by atoms with Crippen molar-refractivity contribution in [2.75, 3.05) is 18.0 Å². The summed E-state index contributed by atoms with van der Waals surface area (Å²) in [6.45, 7) is 3.73. The van der Waals surface area contributed by atoms with Crippen molar-refractivity contribution in [1.29, 1.82) is 0 Å². The van der Waals surface area contributed by atoms with Crippen LogP contribution >= 0.6 is 0 Å². The van der Waals surface area contributed by atoms with Crippen LogP contribution < -0.4 is 10.2 Å². The van der Waals surface area contributed by atoms with Crippen molar-refractivity contribution in [1.82, 2.24) is 10.3 Å². The third-order valence-electron chi connectivity index (χ3n) is 5.85. The number of carbonyl (C=O) groups is 1. The molecule has 1 unspecified atom stereocenters. The minimum absolute atomic E-state index is 0.152. The minimum Gasteiger partial charge on any atom is -0.356 e. The molecule has 4 heteroatoms. The predicted octanol–water partition coefficient (Wildman–Crippen LogP) is 3.70. The monoisotopic (exact) mass is 345 g/mol. The zero-order valence-corrected chi connectivity index (χ0v) is 15.0. The van der Waals surface area contributed by atoms with Gasteiger partial charge in [-0.3, -0.25) is 10.1 Å². The topological polar surface area (TPSA) is 48.1 Å². The Morgan fingerprint density at radius 3 is 2.81 bits per heavy atom. The summed E-state index contributed by atoms with van der Waals surface area (Å²) < 4.78 is 0. The van der Waals surface area contributed by atoms with Crippen LogP contribution in [0.2, 0.25) is 0 Å². The molecule has 1 amide bonds. The first-order valence-electron chi connectivity index (χ1n) is 9.54. The molecule has 0 saturated carbocycles. The average Bonchev–Trinajstić information content (AvgIpc) is 3.17. The van der Waals surface area contributed by atoms with Crippen molar-refractivity contribution in [3.8, 4) is 0 Å². The highest BCUT2D eigenvalue weighted by atomic mass is 16.2. The third kappa shape index (κ3) is 1.91. The second kappa shape index (κ2) is 5.71. The Bertz CT molecular complexity index is 1010. The van der Waals surface area contributed by atoms with Gasteiger partial charge >= 0.3 is 0 Å². The van der Waals surface area contributed by atoms with Crippen LogP contribution in [-0.4, -0.2) is 24.0 Å². The molecule has 1 spiro atoms. The maximum absolute atomic E-state index is 13.7. The fourth-order valence-corrected chi connectivity index (χ4v) is 4.65. The predicted molar refractivity (Wildman–Crippen MR) is 104 cm³/mol. The van der Waals surface area contributed by atoms with Crippen molar-refractivity contribution in [2.45, 2.75) is 31.7 Å². The number of carbonyl (C=O) groups excluding carboxylic acids is 1. The lowest BCUT2D eigenvalue weighted by atomic mass is 9.82. The molecule has 0 radical (unpaired) electrons. The molecule has 2 aliphatic heterocycles. The highest BCUT2D eigenvalue weighted by Gasteiger charge is 2.54. The Labute approximate surface area is 153 Å². The molecule has 2 aromatic carbocycles. The van der Waals surface area contributed by atoms with Crippen LogP contribution in [0, 0.1) is 0 Å². The third-order valence-corrected chi connectivity index (χ3v) is 5.85. The van der Waals surface area contributed by atoms with Gasteiger partial charge in [-0.2, -0.15) is 0 Å². The molecule has 0 aliphatic carbocycles. The minimum atomic E-state index is -0.781. The van der Waals surface area contributed by atoms with Gasteiger partial charge in [-0.1, -0.05) is 49.7 Å². The molecule has 3 aromatic rings. The van der Waals surface area contributed by atoms with Gasteiger partial charge in [0, 0.05) is 35.2 Å². The Kier molecular flexibility index (Phi) is 3.44. The second-order valence-electron chi connectivity index (χ2n) is 7.28. The molecule has 2 N–H and O–H groups in total. The van der Waals surface area contributed by atoms with E-state index in [0.29, 0.717) is 0 Å². The first kappa shape index (κ1) is 15.6. The number of amides is 1. The average molecular weight is 345 g/mol. The number of anilines is 1. The summed E-state index contributed by atoms with van der Waals surface area (Å²) in [4.78, 5) is 19.3. The lowest BCUT2D eigenvalue weighted by Gasteiger charge is -2.34. The standard InChI is InChI=1S/C22H23N3O/c1-2-3-14-25-19-11-7-5-9-17(19)22(21(25)26)20-16(12-13-23-22)15-8-4-6-10-18(15)24-20/h4-11,23-24H,2-3,12-14H2,1H3. The maximum Gasteiger partial charge on any atom is 0.258 e. The van der Waals surface area contributed by atoms with E-state index in [2.05, 4.69) is 47.6 Å². The van der Waals surface area contributed by atoms with E-state index >= 15 is 0 Å². The quantitative estimate of drug-likeness (QED) is 0.760. The van der Waals surface area contributed by atoms with Crippen molar-refractivity contribution >= 4 is 22.5 Å². The van der Waals surface area contributed by atoms with Crippen LogP contribution in [0.25, 0.3) is 10.9 Å². The number of nitrogens with zero attached hydrogens (tertiary/aromatic N) is 1. The Morgan fingerprint density at radius 1 is 1.12 bits per heavy atom. The van der Waals surface area contributed by atoms with Gasteiger partial charge < -0.3 is 9.88 Å². The molecule has 0 saturated heterocycles. The number of rotatable bonds is 3. The number of hydrogen-bond acceptors (Lipinski definition) is 2. The van der Waals surface area contributed by atoms with Gasteiger partial charge in [0.15, 0.2) is 5.54 Å². The van der Waals surface area contributed by atoms with Gasteiger partial charge in [-0.05, 0) is 30.5 Å². The first-order chi connectivity index (χ1) is 12.8. The normalized spacial score (nSPS) is 21.4. The highest BCUT2D eigenvalue weighted by Crippen LogP contribution is 2.47. The second-order valence-corrected chi connectivity index (χ2v) is 7.28. The number of hydrogen-bond donors (Lipinski definition) is 2. The molecule has 4 nitrogen and oxygen atoms in total. The number of unbranched alkanes of at least 4 members (excludes halogenated alkanes) is 1. The Hall–Kier alpha value is -2.59. The van der Waals surface area contributed by atoms with Crippen molar-refractivity contribution in [2.24, 2.45) is 0 Å². The lowest BCUT2D eigenvalue weighted by molar-refractivity contribution is -0.123. The van der Waals surface area contributed by atoms with Crippen LogP contribution in [0.1, 0.15) is 36.6 Å². The Balaban J connectivity index is 1.76. The van der Waals surface area contributed by atoms with Crippen LogP contribution in [-0.2, 0) is 16.8 Å². The molecule has 5 rings (SSSR count). The van der Waals surface area contributed by atoms with E-state index < -0.39 is 5.54 Å². The number of aromatic amines is 1. The number of H-pyrrole nitrogens is 1.